The van der Waals surface area contributed by atoms with Gasteiger partial charge < -0.3 is 5.32 Å². The number of hydrogen-bond donors (Lipinski definition) is 1. The van der Waals surface area contributed by atoms with E-state index in [0.717, 1.165) is 13.0 Å². The molecule has 0 fully saturated rings. The van der Waals surface area contributed by atoms with Gasteiger partial charge in [0.05, 0.1) is 0 Å². The van der Waals surface area contributed by atoms with E-state index in [0.29, 0.717) is 0 Å². The van der Waals surface area contributed by atoms with Crippen molar-refractivity contribution < 1.29 is 0 Å². The maximum Gasteiger partial charge on any atom is 0.0164 e. The van der Waals surface area contributed by atoms with Crippen molar-refractivity contribution in [2.24, 2.45) is 0 Å². The Bertz CT molecular complexity index is 374. The molecule has 0 heterocycles. The predicted molar refractivity (Wildman–Crippen MR) is 65.7 cm³/mol. The third kappa shape index (κ3) is 2.57. The van der Waals surface area contributed by atoms with E-state index < -0.39 is 0 Å². The lowest BCUT2D eigenvalue weighted by atomic mass is 9.93. The molecule has 0 aliphatic heterocycles. The van der Waals surface area contributed by atoms with Crippen LogP contribution in [0.4, 0.5) is 0 Å². The maximum atomic E-state index is 3.19. The number of rotatable bonds is 3. The fraction of sp³-hybridized carbons (Fsp3) is 0.286. The molecule has 1 aliphatic rings. The SMILES string of the molecule is CNCC1=CC=C(c2ccccc2)CC1. The molecule has 15 heavy (non-hydrogen) atoms. The third-order valence-corrected chi connectivity index (χ3v) is 2.78. The van der Waals surface area contributed by atoms with Gasteiger partial charge in [0.1, 0.15) is 0 Å². The second-order valence-electron chi connectivity index (χ2n) is 3.91. The van der Waals surface area contributed by atoms with E-state index in [1.165, 1.54) is 23.1 Å². The van der Waals surface area contributed by atoms with E-state index in [9.17, 15) is 0 Å². The second kappa shape index (κ2) is 4.94. The van der Waals surface area contributed by atoms with Gasteiger partial charge in [0.25, 0.3) is 0 Å². The van der Waals surface area contributed by atoms with Crippen molar-refractivity contribution in [3.63, 3.8) is 0 Å². The van der Waals surface area contributed by atoms with Crippen molar-refractivity contribution in [1.29, 1.82) is 0 Å². The van der Waals surface area contributed by atoms with Crippen LogP contribution in [0.2, 0.25) is 0 Å². The van der Waals surface area contributed by atoms with Crippen molar-refractivity contribution in [2.75, 3.05) is 13.6 Å². The molecule has 2 rings (SSSR count). The highest BCUT2D eigenvalue weighted by Gasteiger charge is 2.06. The number of nitrogens with one attached hydrogen (secondary N) is 1. The summed E-state index contributed by atoms with van der Waals surface area (Å²) >= 11 is 0. The van der Waals surface area contributed by atoms with Crippen LogP contribution in [0.3, 0.4) is 0 Å². The average molecular weight is 199 g/mol. The molecule has 1 N–H and O–H groups in total. The molecule has 78 valence electrons. The summed E-state index contributed by atoms with van der Waals surface area (Å²) in [5.41, 5.74) is 4.31. The minimum Gasteiger partial charge on any atom is -0.316 e. The van der Waals surface area contributed by atoms with E-state index >= 15 is 0 Å². The molecule has 0 spiro atoms. The van der Waals surface area contributed by atoms with Gasteiger partial charge in [-0.3, -0.25) is 0 Å². The van der Waals surface area contributed by atoms with Crippen molar-refractivity contribution in [3.05, 3.63) is 53.6 Å². The van der Waals surface area contributed by atoms with Crippen LogP contribution < -0.4 is 5.32 Å². The van der Waals surface area contributed by atoms with Gasteiger partial charge in [-0.15, -0.1) is 0 Å². The van der Waals surface area contributed by atoms with Crippen LogP contribution in [0, 0.1) is 0 Å². The van der Waals surface area contributed by atoms with Gasteiger partial charge in [0.2, 0.25) is 0 Å². The van der Waals surface area contributed by atoms with Crippen LogP contribution in [0.5, 0.6) is 0 Å². The minimum atomic E-state index is 1.01. The molecule has 0 amide bonds. The lowest BCUT2D eigenvalue weighted by molar-refractivity contribution is 0.820. The van der Waals surface area contributed by atoms with E-state index in [1.807, 2.05) is 7.05 Å². The fourth-order valence-electron chi connectivity index (χ4n) is 1.95. The summed E-state index contributed by atoms with van der Waals surface area (Å²) in [6.07, 6.45) is 6.85. The summed E-state index contributed by atoms with van der Waals surface area (Å²) < 4.78 is 0. The van der Waals surface area contributed by atoms with Gasteiger partial charge in [-0.25, -0.2) is 0 Å². The summed E-state index contributed by atoms with van der Waals surface area (Å²) in [5.74, 6) is 0. The van der Waals surface area contributed by atoms with Crippen LogP contribution in [0.25, 0.3) is 5.57 Å². The summed E-state index contributed by atoms with van der Waals surface area (Å²) in [7, 11) is 2.00. The van der Waals surface area contributed by atoms with E-state index in [2.05, 4.69) is 47.8 Å². The summed E-state index contributed by atoms with van der Waals surface area (Å²) in [4.78, 5) is 0. The molecule has 0 unspecified atom stereocenters. The summed E-state index contributed by atoms with van der Waals surface area (Å²) in [6, 6.07) is 10.6. The molecular weight excluding hydrogens is 182 g/mol. The van der Waals surface area contributed by atoms with E-state index in [1.54, 1.807) is 0 Å². The Morgan fingerprint density at radius 1 is 1.07 bits per heavy atom. The van der Waals surface area contributed by atoms with Crippen molar-refractivity contribution in [3.8, 4) is 0 Å². The Kier molecular flexibility index (Phi) is 3.36. The van der Waals surface area contributed by atoms with Crippen LogP contribution in [0.15, 0.2) is 48.1 Å². The predicted octanol–water partition coefficient (Wildman–Crippen LogP) is 3.01. The zero-order valence-corrected chi connectivity index (χ0v) is 9.16. The summed E-state index contributed by atoms with van der Waals surface area (Å²) in [6.45, 7) is 1.01. The number of allylic oxidation sites excluding steroid dienone is 3. The monoisotopic (exact) mass is 199 g/mol. The normalized spacial score (nSPS) is 15.8. The van der Waals surface area contributed by atoms with Gasteiger partial charge in [0.15, 0.2) is 0 Å². The Hall–Kier alpha value is -1.34. The quantitative estimate of drug-likeness (QED) is 0.789. The fourth-order valence-corrected chi connectivity index (χ4v) is 1.95. The lowest BCUT2D eigenvalue weighted by Gasteiger charge is -2.14. The molecule has 0 radical (unpaired) electrons. The molecule has 0 saturated carbocycles. The molecule has 1 heteroatoms. The van der Waals surface area contributed by atoms with Crippen LogP contribution >= 0.6 is 0 Å². The summed E-state index contributed by atoms with van der Waals surface area (Å²) in [5, 5.41) is 3.19. The zero-order chi connectivity index (χ0) is 10.5. The molecule has 0 bridgehead atoms. The molecule has 1 aromatic carbocycles. The van der Waals surface area contributed by atoms with Crippen LogP contribution in [-0.4, -0.2) is 13.6 Å². The largest absolute Gasteiger partial charge is 0.316 e. The first-order valence-electron chi connectivity index (χ1n) is 5.49. The van der Waals surface area contributed by atoms with Crippen molar-refractivity contribution >= 4 is 5.57 Å². The van der Waals surface area contributed by atoms with Crippen molar-refractivity contribution in [1.82, 2.24) is 5.32 Å². The van der Waals surface area contributed by atoms with Gasteiger partial charge in [0, 0.05) is 6.54 Å². The molecule has 1 aliphatic carbocycles. The first-order chi connectivity index (χ1) is 7.40. The van der Waals surface area contributed by atoms with Crippen LogP contribution in [0.1, 0.15) is 18.4 Å². The zero-order valence-electron chi connectivity index (χ0n) is 9.16. The maximum absolute atomic E-state index is 3.19. The van der Waals surface area contributed by atoms with Crippen molar-refractivity contribution in [2.45, 2.75) is 12.8 Å². The highest BCUT2D eigenvalue weighted by molar-refractivity contribution is 5.68. The standard InChI is InChI=1S/C14H17N/c1-15-11-12-7-9-14(10-8-12)13-5-3-2-4-6-13/h2-7,9,15H,8,10-11H2,1H3. The van der Waals surface area contributed by atoms with Gasteiger partial charge >= 0.3 is 0 Å². The van der Waals surface area contributed by atoms with Gasteiger partial charge in [-0.2, -0.15) is 0 Å². The molecule has 0 saturated heterocycles. The molecule has 1 nitrogen and oxygen atoms in total. The Morgan fingerprint density at radius 3 is 2.47 bits per heavy atom. The molecule has 0 aromatic heterocycles. The molecule has 0 atom stereocenters. The topological polar surface area (TPSA) is 12.0 Å². The highest BCUT2D eigenvalue weighted by Crippen LogP contribution is 2.25. The molecular formula is C14H17N. The third-order valence-electron chi connectivity index (χ3n) is 2.78. The van der Waals surface area contributed by atoms with Gasteiger partial charge in [-0.05, 0) is 31.0 Å². The smallest absolute Gasteiger partial charge is 0.0164 e. The Labute approximate surface area is 91.5 Å². The first-order valence-corrected chi connectivity index (χ1v) is 5.49. The minimum absolute atomic E-state index is 1.01. The Morgan fingerprint density at radius 2 is 1.87 bits per heavy atom. The average Bonchev–Trinajstić information content (AvgIpc) is 2.32. The van der Waals surface area contributed by atoms with E-state index in [4.69, 9.17) is 0 Å². The number of likely N-dealkylation sites (N-methyl/N-ethyl adjacent to an activating group) is 1. The Balaban J connectivity index is 2.14. The first kappa shape index (κ1) is 10.2. The van der Waals surface area contributed by atoms with Crippen LogP contribution in [-0.2, 0) is 0 Å². The lowest BCUT2D eigenvalue weighted by Crippen LogP contribution is -2.11. The van der Waals surface area contributed by atoms with Gasteiger partial charge in [-0.1, -0.05) is 48.1 Å². The number of hydrogen-bond acceptors (Lipinski definition) is 1. The molecule has 1 aromatic rings. The highest BCUT2D eigenvalue weighted by atomic mass is 14.8. The second-order valence-corrected chi connectivity index (χ2v) is 3.91. The van der Waals surface area contributed by atoms with E-state index in [-0.39, 0.29) is 0 Å². The number of benzene rings is 1.